The Bertz CT molecular complexity index is 632. The van der Waals surface area contributed by atoms with Gasteiger partial charge in [-0.05, 0) is 35.7 Å². The van der Waals surface area contributed by atoms with E-state index in [2.05, 4.69) is 0 Å². The fourth-order valence-electron chi connectivity index (χ4n) is 2.14. The molecular weight excluding hydrogens is 276 g/mol. The summed E-state index contributed by atoms with van der Waals surface area (Å²) in [5.74, 6) is -0.611. The van der Waals surface area contributed by atoms with Crippen LogP contribution in [0.15, 0.2) is 36.4 Å². The third-order valence-corrected chi connectivity index (χ3v) is 3.31. The van der Waals surface area contributed by atoms with Gasteiger partial charge in [-0.3, -0.25) is 0 Å². The minimum atomic E-state index is -0.521. The summed E-state index contributed by atoms with van der Waals surface area (Å²) in [4.78, 5) is 0. The summed E-state index contributed by atoms with van der Waals surface area (Å²) in [6.07, 6.45) is 0.245. The predicted molar refractivity (Wildman–Crippen MR) is 76.5 cm³/mol. The largest absolute Gasteiger partial charge is 0.494 e. The Morgan fingerprint density at radius 3 is 2.38 bits per heavy atom. The van der Waals surface area contributed by atoms with E-state index in [0.717, 1.165) is 0 Å². The van der Waals surface area contributed by atoms with Crippen LogP contribution in [0.4, 0.5) is 8.78 Å². The standard InChI is InChI=1S/C16H17F2NO2/c1-20-14-7-6-10(8-12(14)17)13(19)9-11-4-3-5-15(21-2)16(11)18/h3-8,13H,9,19H2,1-2H3. The zero-order chi connectivity index (χ0) is 15.4. The maximum atomic E-state index is 14.1. The normalized spacial score (nSPS) is 12.0. The average Bonchev–Trinajstić information content (AvgIpc) is 2.49. The van der Waals surface area contributed by atoms with Gasteiger partial charge in [0.15, 0.2) is 23.1 Å². The number of halogens is 2. The molecule has 3 nitrogen and oxygen atoms in total. The maximum absolute atomic E-state index is 14.1. The van der Waals surface area contributed by atoms with Crippen LogP contribution in [0.1, 0.15) is 17.2 Å². The van der Waals surface area contributed by atoms with Crippen LogP contribution in [0.3, 0.4) is 0 Å². The van der Waals surface area contributed by atoms with Gasteiger partial charge in [0.25, 0.3) is 0 Å². The van der Waals surface area contributed by atoms with E-state index < -0.39 is 17.7 Å². The number of benzene rings is 2. The van der Waals surface area contributed by atoms with E-state index in [-0.39, 0.29) is 17.9 Å². The molecule has 0 spiro atoms. The van der Waals surface area contributed by atoms with Crippen molar-refractivity contribution in [1.82, 2.24) is 0 Å². The lowest BCUT2D eigenvalue weighted by Gasteiger charge is -2.14. The summed E-state index contributed by atoms with van der Waals surface area (Å²) < 4.78 is 37.5. The van der Waals surface area contributed by atoms with Crippen LogP contribution in [0.25, 0.3) is 0 Å². The van der Waals surface area contributed by atoms with E-state index in [4.69, 9.17) is 15.2 Å². The Hall–Kier alpha value is -2.14. The first-order valence-electron chi connectivity index (χ1n) is 6.47. The van der Waals surface area contributed by atoms with Crippen molar-refractivity contribution in [2.24, 2.45) is 5.73 Å². The highest BCUT2D eigenvalue weighted by molar-refractivity contribution is 5.34. The van der Waals surface area contributed by atoms with Crippen molar-refractivity contribution in [1.29, 1.82) is 0 Å². The quantitative estimate of drug-likeness (QED) is 0.920. The summed E-state index contributed by atoms with van der Waals surface area (Å²) in [7, 11) is 2.80. The van der Waals surface area contributed by atoms with Crippen molar-refractivity contribution >= 4 is 0 Å². The summed E-state index contributed by atoms with van der Waals surface area (Å²) in [6.45, 7) is 0. The van der Waals surface area contributed by atoms with Crippen molar-refractivity contribution < 1.29 is 18.3 Å². The van der Waals surface area contributed by atoms with Crippen LogP contribution in [-0.2, 0) is 6.42 Å². The number of ether oxygens (including phenoxy) is 2. The molecule has 0 saturated heterocycles. The molecule has 1 atom stereocenters. The van der Waals surface area contributed by atoms with Crippen LogP contribution in [0.5, 0.6) is 11.5 Å². The lowest BCUT2D eigenvalue weighted by atomic mass is 9.99. The Labute approximate surface area is 122 Å². The predicted octanol–water partition coefficient (Wildman–Crippen LogP) is 3.22. The van der Waals surface area contributed by atoms with Gasteiger partial charge in [0.2, 0.25) is 0 Å². The molecule has 112 valence electrons. The summed E-state index contributed by atoms with van der Waals surface area (Å²) in [6, 6.07) is 8.83. The van der Waals surface area contributed by atoms with Crippen molar-refractivity contribution in [3.63, 3.8) is 0 Å². The minimum Gasteiger partial charge on any atom is -0.494 e. The average molecular weight is 293 g/mol. The molecule has 2 rings (SSSR count). The molecule has 0 aliphatic rings. The van der Waals surface area contributed by atoms with Crippen LogP contribution in [0.2, 0.25) is 0 Å². The van der Waals surface area contributed by atoms with E-state index in [1.54, 1.807) is 18.2 Å². The van der Waals surface area contributed by atoms with E-state index in [1.165, 1.54) is 32.4 Å². The third kappa shape index (κ3) is 3.31. The Morgan fingerprint density at radius 1 is 1.05 bits per heavy atom. The minimum absolute atomic E-state index is 0.151. The highest BCUT2D eigenvalue weighted by atomic mass is 19.1. The van der Waals surface area contributed by atoms with Gasteiger partial charge >= 0.3 is 0 Å². The molecule has 0 aliphatic heterocycles. The summed E-state index contributed by atoms with van der Waals surface area (Å²) in [5.41, 5.74) is 7.04. The molecule has 0 saturated carbocycles. The molecule has 5 heteroatoms. The maximum Gasteiger partial charge on any atom is 0.168 e. The highest BCUT2D eigenvalue weighted by Gasteiger charge is 2.15. The number of hydrogen-bond donors (Lipinski definition) is 1. The number of methoxy groups -OCH3 is 2. The molecular formula is C16H17F2NO2. The molecule has 0 fully saturated rings. The molecule has 0 radical (unpaired) electrons. The van der Waals surface area contributed by atoms with Crippen LogP contribution in [0, 0.1) is 11.6 Å². The fourth-order valence-corrected chi connectivity index (χ4v) is 2.14. The topological polar surface area (TPSA) is 44.5 Å². The van der Waals surface area contributed by atoms with Crippen molar-refractivity contribution in [3.8, 4) is 11.5 Å². The monoisotopic (exact) mass is 293 g/mol. The first-order chi connectivity index (χ1) is 10.1. The fraction of sp³-hybridized carbons (Fsp3) is 0.250. The molecule has 0 amide bonds. The van der Waals surface area contributed by atoms with Crippen LogP contribution >= 0.6 is 0 Å². The van der Waals surface area contributed by atoms with Gasteiger partial charge < -0.3 is 15.2 Å². The van der Waals surface area contributed by atoms with Gasteiger partial charge in [0.1, 0.15) is 0 Å². The number of hydrogen-bond acceptors (Lipinski definition) is 3. The van der Waals surface area contributed by atoms with E-state index in [0.29, 0.717) is 11.1 Å². The van der Waals surface area contributed by atoms with Crippen molar-refractivity contribution in [2.45, 2.75) is 12.5 Å². The molecule has 21 heavy (non-hydrogen) atoms. The second-order valence-corrected chi connectivity index (χ2v) is 4.64. The molecule has 2 N–H and O–H groups in total. The van der Waals surface area contributed by atoms with Crippen molar-refractivity contribution in [3.05, 3.63) is 59.2 Å². The van der Waals surface area contributed by atoms with Crippen LogP contribution in [-0.4, -0.2) is 14.2 Å². The zero-order valence-electron chi connectivity index (χ0n) is 11.9. The first kappa shape index (κ1) is 15.3. The third-order valence-electron chi connectivity index (χ3n) is 3.31. The summed E-state index contributed by atoms with van der Waals surface area (Å²) in [5, 5.41) is 0. The van der Waals surface area contributed by atoms with Gasteiger partial charge in [-0.2, -0.15) is 0 Å². The molecule has 0 heterocycles. The Kier molecular flexibility index (Phi) is 4.75. The highest BCUT2D eigenvalue weighted by Crippen LogP contribution is 2.26. The molecule has 2 aromatic rings. The zero-order valence-corrected chi connectivity index (χ0v) is 11.9. The van der Waals surface area contributed by atoms with Gasteiger partial charge in [0, 0.05) is 6.04 Å². The SMILES string of the molecule is COc1ccc(C(N)Cc2cccc(OC)c2F)cc1F. The van der Waals surface area contributed by atoms with E-state index in [1.807, 2.05) is 0 Å². The second kappa shape index (κ2) is 6.54. The van der Waals surface area contributed by atoms with E-state index in [9.17, 15) is 8.78 Å². The second-order valence-electron chi connectivity index (χ2n) is 4.64. The Balaban J connectivity index is 2.22. The van der Waals surface area contributed by atoms with Crippen molar-refractivity contribution in [2.75, 3.05) is 14.2 Å². The van der Waals surface area contributed by atoms with Crippen LogP contribution < -0.4 is 15.2 Å². The number of rotatable bonds is 5. The van der Waals surface area contributed by atoms with Gasteiger partial charge in [-0.15, -0.1) is 0 Å². The first-order valence-corrected chi connectivity index (χ1v) is 6.47. The summed E-state index contributed by atoms with van der Waals surface area (Å²) >= 11 is 0. The van der Waals surface area contributed by atoms with Gasteiger partial charge in [0.05, 0.1) is 14.2 Å². The molecule has 1 unspecified atom stereocenters. The van der Waals surface area contributed by atoms with Gasteiger partial charge in [-0.25, -0.2) is 8.78 Å². The smallest absolute Gasteiger partial charge is 0.168 e. The molecule has 2 aromatic carbocycles. The lowest BCUT2D eigenvalue weighted by molar-refractivity contribution is 0.383. The lowest BCUT2D eigenvalue weighted by Crippen LogP contribution is -2.14. The number of nitrogens with two attached hydrogens (primary N) is 1. The van der Waals surface area contributed by atoms with Gasteiger partial charge in [-0.1, -0.05) is 18.2 Å². The molecule has 0 bridgehead atoms. The molecule has 0 aliphatic carbocycles. The Morgan fingerprint density at radius 2 is 1.76 bits per heavy atom. The van der Waals surface area contributed by atoms with E-state index >= 15 is 0 Å². The molecule has 0 aromatic heterocycles.